The predicted octanol–water partition coefficient (Wildman–Crippen LogP) is 2.50. The van der Waals surface area contributed by atoms with Crippen LogP contribution in [0.25, 0.3) is 0 Å². The Morgan fingerprint density at radius 3 is 2.79 bits per heavy atom. The molecule has 0 fully saturated rings. The van der Waals surface area contributed by atoms with E-state index in [0.29, 0.717) is 18.2 Å². The van der Waals surface area contributed by atoms with Gasteiger partial charge in [-0.25, -0.2) is 4.98 Å². The number of nitrogens with two attached hydrogens (primary N) is 1. The van der Waals surface area contributed by atoms with Gasteiger partial charge in [0.15, 0.2) is 5.75 Å². The molecule has 5 heteroatoms. The van der Waals surface area contributed by atoms with E-state index in [-0.39, 0.29) is 0 Å². The van der Waals surface area contributed by atoms with Gasteiger partial charge in [0.25, 0.3) is 0 Å². The molecule has 0 saturated carbocycles. The van der Waals surface area contributed by atoms with Crippen LogP contribution in [0.1, 0.15) is 31.5 Å². The van der Waals surface area contributed by atoms with E-state index < -0.39 is 0 Å². The van der Waals surface area contributed by atoms with Gasteiger partial charge in [-0.2, -0.15) is 5.10 Å². The first-order valence-corrected chi connectivity index (χ1v) is 6.65. The molecule has 19 heavy (non-hydrogen) atoms. The first-order chi connectivity index (χ1) is 9.25. The van der Waals surface area contributed by atoms with Crippen LogP contribution in [-0.4, -0.2) is 14.8 Å². The molecule has 0 spiro atoms. The van der Waals surface area contributed by atoms with Crippen molar-refractivity contribution >= 4 is 0 Å². The molecule has 0 aliphatic heterocycles. The van der Waals surface area contributed by atoms with Crippen molar-refractivity contribution in [3.63, 3.8) is 0 Å². The fraction of sp³-hybridized carbons (Fsp3) is 0.429. The van der Waals surface area contributed by atoms with E-state index in [4.69, 9.17) is 10.5 Å². The zero-order chi connectivity index (χ0) is 13.7. The maximum absolute atomic E-state index is 5.74. The van der Waals surface area contributed by atoms with Gasteiger partial charge in [-0.05, 0) is 25.0 Å². The average Bonchev–Trinajstić information content (AvgIpc) is 2.86. The van der Waals surface area contributed by atoms with E-state index in [9.17, 15) is 0 Å². The molecule has 2 heterocycles. The average molecular weight is 260 g/mol. The van der Waals surface area contributed by atoms with Crippen LogP contribution in [0.4, 0.5) is 0 Å². The van der Waals surface area contributed by atoms with Gasteiger partial charge in [0.1, 0.15) is 0 Å². The Morgan fingerprint density at radius 2 is 2.16 bits per heavy atom. The van der Waals surface area contributed by atoms with Crippen molar-refractivity contribution in [2.45, 2.75) is 39.8 Å². The number of rotatable bonds is 6. The number of ether oxygens (including phenoxy) is 1. The predicted molar refractivity (Wildman–Crippen MR) is 74.1 cm³/mol. The Bertz CT molecular complexity index is 536. The molecule has 102 valence electrons. The van der Waals surface area contributed by atoms with Crippen molar-refractivity contribution in [3.05, 3.63) is 35.8 Å². The zero-order valence-electron chi connectivity index (χ0n) is 11.5. The van der Waals surface area contributed by atoms with Crippen molar-refractivity contribution in [2.75, 3.05) is 0 Å². The van der Waals surface area contributed by atoms with Gasteiger partial charge in [0.2, 0.25) is 5.88 Å². The van der Waals surface area contributed by atoms with Crippen LogP contribution in [-0.2, 0) is 19.5 Å². The fourth-order valence-electron chi connectivity index (χ4n) is 1.87. The molecule has 0 aliphatic rings. The normalized spacial score (nSPS) is 10.7. The Hall–Kier alpha value is -1.88. The second kappa shape index (κ2) is 6.33. The highest BCUT2D eigenvalue weighted by molar-refractivity contribution is 5.28. The third-order valence-electron chi connectivity index (χ3n) is 2.81. The molecule has 0 saturated heterocycles. The Kier molecular flexibility index (Phi) is 4.52. The molecule has 0 bridgehead atoms. The first-order valence-electron chi connectivity index (χ1n) is 6.65. The van der Waals surface area contributed by atoms with E-state index in [1.54, 1.807) is 6.20 Å². The SMILES string of the molecule is CCCc1cc(CN)cc(Oc2cnn(CC)c2)n1. The molecular weight excluding hydrogens is 240 g/mol. The summed E-state index contributed by atoms with van der Waals surface area (Å²) in [6, 6.07) is 3.91. The van der Waals surface area contributed by atoms with E-state index in [1.807, 2.05) is 29.9 Å². The summed E-state index contributed by atoms with van der Waals surface area (Å²) in [5, 5.41) is 4.17. The summed E-state index contributed by atoms with van der Waals surface area (Å²) in [4.78, 5) is 4.49. The minimum Gasteiger partial charge on any atom is -0.436 e. The molecular formula is C14H20N4O. The minimum absolute atomic E-state index is 0.490. The number of hydrogen-bond acceptors (Lipinski definition) is 4. The van der Waals surface area contributed by atoms with E-state index in [0.717, 1.165) is 30.6 Å². The summed E-state index contributed by atoms with van der Waals surface area (Å²) in [6.07, 6.45) is 5.53. The van der Waals surface area contributed by atoms with Crippen LogP contribution in [0, 0.1) is 0 Å². The molecule has 2 N–H and O–H groups in total. The maximum atomic E-state index is 5.74. The van der Waals surface area contributed by atoms with Crippen molar-refractivity contribution in [3.8, 4) is 11.6 Å². The zero-order valence-corrected chi connectivity index (χ0v) is 11.5. The van der Waals surface area contributed by atoms with Crippen LogP contribution < -0.4 is 10.5 Å². The molecule has 0 atom stereocenters. The molecule has 2 aromatic rings. The van der Waals surface area contributed by atoms with Gasteiger partial charge in [-0.3, -0.25) is 4.68 Å². The van der Waals surface area contributed by atoms with Gasteiger partial charge < -0.3 is 10.5 Å². The number of aryl methyl sites for hydroxylation is 2. The summed E-state index contributed by atoms with van der Waals surface area (Å²) in [7, 11) is 0. The lowest BCUT2D eigenvalue weighted by atomic mass is 10.1. The number of hydrogen-bond donors (Lipinski definition) is 1. The largest absolute Gasteiger partial charge is 0.436 e. The molecule has 2 rings (SSSR count). The lowest BCUT2D eigenvalue weighted by Crippen LogP contribution is -2.01. The molecule has 2 aromatic heterocycles. The molecule has 0 aromatic carbocycles. The lowest BCUT2D eigenvalue weighted by Gasteiger charge is -2.07. The quantitative estimate of drug-likeness (QED) is 0.866. The van der Waals surface area contributed by atoms with Gasteiger partial charge >= 0.3 is 0 Å². The number of nitrogens with zero attached hydrogens (tertiary/aromatic N) is 3. The Balaban J connectivity index is 2.20. The molecule has 5 nitrogen and oxygen atoms in total. The number of aromatic nitrogens is 3. The van der Waals surface area contributed by atoms with Crippen LogP contribution in [0.3, 0.4) is 0 Å². The topological polar surface area (TPSA) is 66.0 Å². The maximum Gasteiger partial charge on any atom is 0.219 e. The monoisotopic (exact) mass is 260 g/mol. The second-order valence-electron chi connectivity index (χ2n) is 4.39. The summed E-state index contributed by atoms with van der Waals surface area (Å²) in [5.74, 6) is 1.29. The van der Waals surface area contributed by atoms with Crippen molar-refractivity contribution < 1.29 is 4.74 Å². The van der Waals surface area contributed by atoms with Crippen LogP contribution >= 0.6 is 0 Å². The van der Waals surface area contributed by atoms with Crippen LogP contribution in [0.2, 0.25) is 0 Å². The van der Waals surface area contributed by atoms with E-state index in [1.165, 1.54) is 0 Å². The third-order valence-corrected chi connectivity index (χ3v) is 2.81. The fourth-order valence-corrected chi connectivity index (χ4v) is 1.87. The van der Waals surface area contributed by atoms with Crippen molar-refractivity contribution in [2.24, 2.45) is 5.73 Å². The summed E-state index contributed by atoms with van der Waals surface area (Å²) in [5.41, 5.74) is 7.76. The van der Waals surface area contributed by atoms with Crippen LogP contribution in [0.15, 0.2) is 24.5 Å². The van der Waals surface area contributed by atoms with E-state index >= 15 is 0 Å². The third kappa shape index (κ3) is 3.54. The first kappa shape index (κ1) is 13.5. The minimum atomic E-state index is 0.490. The molecule has 0 aliphatic carbocycles. The summed E-state index contributed by atoms with van der Waals surface area (Å²) < 4.78 is 7.55. The summed E-state index contributed by atoms with van der Waals surface area (Å²) >= 11 is 0. The van der Waals surface area contributed by atoms with Gasteiger partial charge in [-0.15, -0.1) is 0 Å². The van der Waals surface area contributed by atoms with Gasteiger partial charge in [0.05, 0.1) is 12.4 Å². The van der Waals surface area contributed by atoms with Crippen molar-refractivity contribution in [1.29, 1.82) is 0 Å². The highest BCUT2D eigenvalue weighted by Crippen LogP contribution is 2.21. The smallest absolute Gasteiger partial charge is 0.219 e. The second-order valence-corrected chi connectivity index (χ2v) is 4.39. The highest BCUT2D eigenvalue weighted by atomic mass is 16.5. The Labute approximate surface area is 113 Å². The standard InChI is InChI=1S/C14H20N4O/c1-3-5-12-6-11(8-15)7-14(17-12)19-13-9-16-18(4-2)10-13/h6-7,9-10H,3-5,8,15H2,1-2H3. The van der Waals surface area contributed by atoms with Gasteiger partial charge in [-0.1, -0.05) is 13.3 Å². The highest BCUT2D eigenvalue weighted by Gasteiger charge is 2.05. The Morgan fingerprint density at radius 1 is 1.32 bits per heavy atom. The lowest BCUT2D eigenvalue weighted by molar-refractivity contribution is 0.458. The molecule has 0 radical (unpaired) electrons. The van der Waals surface area contributed by atoms with E-state index in [2.05, 4.69) is 17.0 Å². The molecule has 0 amide bonds. The number of pyridine rings is 1. The van der Waals surface area contributed by atoms with Gasteiger partial charge in [0, 0.05) is 24.8 Å². The van der Waals surface area contributed by atoms with Crippen molar-refractivity contribution in [1.82, 2.24) is 14.8 Å². The van der Waals surface area contributed by atoms with Crippen LogP contribution in [0.5, 0.6) is 11.6 Å². The molecule has 0 unspecified atom stereocenters. The summed E-state index contributed by atoms with van der Waals surface area (Å²) in [6.45, 7) is 5.47.